The summed E-state index contributed by atoms with van der Waals surface area (Å²) >= 11 is 0. The van der Waals surface area contributed by atoms with E-state index in [0.717, 1.165) is 0 Å². The van der Waals surface area contributed by atoms with Gasteiger partial charge in [0.05, 0.1) is 0 Å². The Morgan fingerprint density at radius 1 is 1.18 bits per heavy atom. The summed E-state index contributed by atoms with van der Waals surface area (Å²) in [6, 6.07) is 6.58. The molecule has 0 radical (unpaired) electrons. The zero-order valence-electron chi connectivity index (χ0n) is 11.2. The highest BCUT2D eigenvalue weighted by Crippen LogP contribution is 2.24. The Bertz CT molecular complexity index is 424. The Morgan fingerprint density at radius 3 is 2.59 bits per heavy atom. The number of fused-ring (bicyclic) bond motifs is 1. The van der Waals surface area contributed by atoms with Crippen molar-refractivity contribution in [3.05, 3.63) is 34.9 Å². The molecule has 0 fully saturated rings. The van der Waals surface area contributed by atoms with Crippen LogP contribution in [0.15, 0.2) is 18.2 Å². The Kier molecular flexibility index (Phi) is 3.37. The molecular weight excluding hydrogens is 208 g/mol. The third kappa shape index (κ3) is 3.42. The molecule has 0 aromatic heterocycles. The first-order chi connectivity index (χ1) is 7.94. The molecule has 0 atom stereocenters. The molecule has 2 rings (SSSR count). The molecule has 1 aromatic rings. The smallest absolute Gasteiger partial charge is 0.137 e. The lowest BCUT2D eigenvalue weighted by molar-refractivity contribution is -0.120. The van der Waals surface area contributed by atoms with Gasteiger partial charge in [-0.2, -0.15) is 0 Å². The molecule has 1 aliphatic carbocycles. The van der Waals surface area contributed by atoms with Gasteiger partial charge in [0.1, 0.15) is 5.78 Å². The van der Waals surface area contributed by atoms with Gasteiger partial charge in [0.25, 0.3) is 0 Å². The van der Waals surface area contributed by atoms with E-state index in [1.165, 1.54) is 36.0 Å². The molecule has 0 spiro atoms. The summed E-state index contributed by atoms with van der Waals surface area (Å²) in [6.45, 7) is 6.36. The second-order valence-electron chi connectivity index (χ2n) is 6.41. The van der Waals surface area contributed by atoms with Crippen LogP contribution in [0.25, 0.3) is 0 Å². The largest absolute Gasteiger partial charge is 0.299 e. The lowest BCUT2D eigenvalue weighted by atomic mass is 9.88. The third-order valence-electron chi connectivity index (χ3n) is 3.29. The second kappa shape index (κ2) is 4.64. The van der Waals surface area contributed by atoms with Crippen LogP contribution in [0.2, 0.25) is 0 Å². The fraction of sp³-hybridized carbons (Fsp3) is 0.562. The first-order valence-corrected chi connectivity index (χ1v) is 6.56. The highest BCUT2D eigenvalue weighted by Gasteiger charge is 2.17. The van der Waals surface area contributed by atoms with Crippen LogP contribution >= 0.6 is 0 Å². The molecule has 0 unspecified atom stereocenters. The number of hydrogen-bond acceptors (Lipinski definition) is 1. The van der Waals surface area contributed by atoms with Gasteiger partial charge in [0, 0.05) is 12.8 Å². The van der Waals surface area contributed by atoms with Crippen molar-refractivity contribution in [1.82, 2.24) is 0 Å². The van der Waals surface area contributed by atoms with Crippen LogP contribution in [-0.4, -0.2) is 5.78 Å². The Morgan fingerprint density at radius 2 is 1.88 bits per heavy atom. The van der Waals surface area contributed by atoms with Gasteiger partial charge in [-0.1, -0.05) is 39.0 Å². The SMILES string of the molecule is CC(C)(C)CC(=O)Cc1ccc2c(c1)CCC2. The van der Waals surface area contributed by atoms with E-state index in [0.29, 0.717) is 18.6 Å². The van der Waals surface area contributed by atoms with Crippen LogP contribution in [0.3, 0.4) is 0 Å². The van der Waals surface area contributed by atoms with Crippen LogP contribution in [-0.2, 0) is 24.1 Å². The van der Waals surface area contributed by atoms with E-state index < -0.39 is 0 Å². The summed E-state index contributed by atoms with van der Waals surface area (Å²) in [4.78, 5) is 11.9. The van der Waals surface area contributed by atoms with Crippen molar-refractivity contribution in [1.29, 1.82) is 0 Å². The average molecular weight is 230 g/mol. The van der Waals surface area contributed by atoms with Gasteiger partial charge in [-0.15, -0.1) is 0 Å². The highest BCUT2D eigenvalue weighted by atomic mass is 16.1. The number of rotatable bonds is 3. The summed E-state index contributed by atoms with van der Waals surface area (Å²) in [5.41, 5.74) is 4.25. The number of benzene rings is 1. The van der Waals surface area contributed by atoms with Gasteiger partial charge >= 0.3 is 0 Å². The van der Waals surface area contributed by atoms with Crippen molar-refractivity contribution in [3.63, 3.8) is 0 Å². The molecule has 17 heavy (non-hydrogen) atoms. The Hall–Kier alpha value is -1.11. The van der Waals surface area contributed by atoms with E-state index in [1.807, 2.05) is 0 Å². The van der Waals surface area contributed by atoms with Crippen molar-refractivity contribution < 1.29 is 4.79 Å². The third-order valence-corrected chi connectivity index (χ3v) is 3.29. The molecule has 0 saturated heterocycles. The van der Waals surface area contributed by atoms with E-state index in [4.69, 9.17) is 0 Å². The summed E-state index contributed by atoms with van der Waals surface area (Å²) in [6.07, 6.45) is 4.95. The van der Waals surface area contributed by atoms with Crippen LogP contribution in [0.5, 0.6) is 0 Å². The molecule has 1 aromatic carbocycles. The maximum atomic E-state index is 11.9. The van der Waals surface area contributed by atoms with Crippen LogP contribution < -0.4 is 0 Å². The van der Waals surface area contributed by atoms with Crippen molar-refractivity contribution >= 4 is 5.78 Å². The predicted octanol–water partition coefficient (Wildman–Crippen LogP) is 3.72. The lowest BCUT2D eigenvalue weighted by Gasteiger charge is -2.16. The summed E-state index contributed by atoms with van der Waals surface area (Å²) in [5, 5.41) is 0. The van der Waals surface area contributed by atoms with Crippen molar-refractivity contribution in [2.24, 2.45) is 5.41 Å². The van der Waals surface area contributed by atoms with Crippen LogP contribution in [0.1, 0.15) is 50.3 Å². The van der Waals surface area contributed by atoms with Gasteiger partial charge in [0.2, 0.25) is 0 Å². The minimum absolute atomic E-state index is 0.105. The molecule has 0 amide bonds. The maximum Gasteiger partial charge on any atom is 0.137 e. The number of aryl methyl sites for hydroxylation is 2. The standard InChI is InChI=1S/C16H22O/c1-16(2,3)11-15(17)10-12-7-8-13-5-4-6-14(13)9-12/h7-9H,4-6,10-11H2,1-3H3. The molecule has 0 bridgehead atoms. The topological polar surface area (TPSA) is 17.1 Å². The summed E-state index contributed by atoms with van der Waals surface area (Å²) in [5.74, 6) is 0.357. The van der Waals surface area contributed by atoms with E-state index >= 15 is 0 Å². The van der Waals surface area contributed by atoms with Crippen molar-refractivity contribution in [2.45, 2.75) is 52.9 Å². The van der Waals surface area contributed by atoms with Gasteiger partial charge in [0.15, 0.2) is 0 Å². The normalized spacial score (nSPS) is 14.8. The van der Waals surface area contributed by atoms with Crippen LogP contribution in [0, 0.1) is 5.41 Å². The zero-order chi connectivity index (χ0) is 12.5. The van der Waals surface area contributed by atoms with Crippen molar-refractivity contribution in [2.75, 3.05) is 0 Å². The first-order valence-electron chi connectivity index (χ1n) is 6.56. The molecule has 0 heterocycles. The quantitative estimate of drug-likeness (QED) is 0.773. The molecule has 1 heteroatoms. The lowest BCUT2D eigenvalue weighted by Crippen LogP contribution is -2.14. The molecule has 0 saturated carbocycles. The monoisotopic (exact) mass is 230 g/mol. The van der Waals surface area contributed by atoms with Crippen LogP contribution in [0.4, 0.5) is 0 Å². The minimum Gasteiger partial charge on any atom is -0.299 e. The van der Waals surface area contributed by atoms with E-state index in [1.54, 1.807) is 0 Å². The van der Waals surface area contributed by atoms with Gasteiger partial charge in [-0.25, -0.2) is 0 Å². The minimum atomic E-state index is 0.105. The molecular formula is C16H22O. The summed E-state index contributed by atoms with van der Waals surface area (Å²) < 4.78 is 0. The van der Waals surface area contributed by atoms with E-state index in [-0.39, 0.29) is 5.41 Å². The Labute approximate surface area is 104 Å². The molecule has 0 N–H and O–H groups in total. The summed E-state index contributed by atoms with van der Waals surface area (Å²) in [7, 11) is 0. The number of carbonyl (C=O) groups is 1. The average Bonchev–Trinajstić information content (AvgIpc) is 2.61. The van der Waals surface area contributed by atoms with Crippen molar-refractivity contribution in [3.8, 4) is 0 Å². The molecule has 1 aliphatic rings. The second-order valence-corrected chi connectivity index (χ2v) is 6.41. The van der Waals surface area contributed by atoms with E-state index in [2.05, 4.69) is 39.0 Å². The zero-order valence-corrected chi connectivity index (χ0v) is 11.2. The molecule has 92 valence electrons. The first kappa shape index (κ1) is 12.3. The Balaban J connectivity index is 2.02. The molecule has 1 nitrogen and oxygen atoms in total. The van der Waals surface area contributed by atoms with Gasteiger partial charge in [-0.3, -0.25) is 4.79 Å². The number of carbonyl (C=O) groups excluding carboxylic acids is 1. The molecule has 0 aliphatic heterocycles. The number of Topliss-reactive ketones (excluding diaryl/α,β-unsaturated/α-hetero) is 1. The van der Waals surface area contributed by atoms with E-state index in [9.17, 15) is 4.79 Å². The fourth-order valence-electron chi connectivity index (χ4n) is 2.62. The highest BCUT2D eigenvalue weighted by molar-refractivity contribution is 5.81. The number of ketones is 1. The number of hydrogen-bond donors (Lipinski definition) is 0. The maximum absolute atomic E-state index is 11.9. The fourth-order valence-corrected chi connectivity index (χ4v) is 2.62. The predicted molar refractivity (Wildman–Crippen MR) is 71.3 cm³/mol. The van der Waals surface area contributed by atoms with Gasteiger partial charge in [-0.05, 0) is 41.4 Å². The van der Waals surface area contributed by atoms with Gasteiger partial charge < -0.3 is 0 Å².